The minimum absolute atomic E-state index is 0.256. The van der Waals surface area contributed by atoms with Gasteiger partial charge in [0.15, 0.2) is 0 Å². The third kappa shape index (κ3) is 4.04. The van der Waals surface area contributed by atoms with Gasteiger partial charge in [-0.05, 0) is 59.6 Å². The highest BCUT2D eigenvalue weighted by Gasteiger charge is 2.25. The van der Waals surface area contributed by atoms with E-state index < -0.39 is 10.0 Å². The average Bonchev–Trinajstić information content (AvgIpc) is 2.93. The summed E-state index contributed by atoms with van der Waals surface area (Å²) in [7, 11) is -3.52. The summed E-state index contributed by atoms with van der Waals surface area (Å²) in [5.41, 5.74) is 6.39. The van der Waals surface area contributed by atoms with E-state index in [2.05, 4.69) is 32.5 Å². The van der Waals surface area contributed by atoms with E-state index in [9.17, 15) is 8.42 Å². The van der Waals surface area contributed by atoms with Crippen LogP contribution in [0.15, 0.2) is 27.6 Å². The minimum Gasteiger partial charge on any atom is -0.326 e. The third-order valence-electron chi connectivity index (χ3n) is 3.94. The first-order valence-corrected chi connectivity index (χ1v) is 9.47. The zero-order chi connectivity index (χ0) is 15.5. The van der Waals surface area contributed by atoms with Crippen LogP contribution in [-0.2, 0) is 16.6 Å². The first kappa shape index (κ1) is 16.9. The molecular formula is C14H22BrN3O2S. The van der Waals surface area contributed by atoms with Crippen molar-refractivity contribution in [2.75, 3.05) is 19.6 Å². The highest BCUT2D eigenvalue weighted by atomic mass is 79.9. The molecule has 1 saturated heterocycles. The van der Waals surface area contributed by atoms with Crippen LogP contribution in [0.2, 0.25) is 0 Å². The topological polar surface area (TPSA) is 75.4 Å². The van der Waals surface area contributed by atoms with E-state index in [1.54, 1.807) is 12.1 Å². The first-order chi connectivity index (χ1) is 9.97. The van der Waals surface area contributed by atoms with Crippen LogP contribution in [0.5, 0.6) is 0 Å². The van der Waals surface area contributed by atoms with Crippen molar-refractivity contribution in [3.05, 3.63) is 28.2 Å². The lowest BCUT2D eigenvalue weighted by molar-refractivity contribution is 0.268. The van der Waals surface area contributed by atoms with Crippen molar-refractivity contribution in [2.45, 2.75) is 37.2 Å². The Hall–Kier alpha value is -0.470. The molecule has 1 aromatic rings. The second kappa shape index (κ2) is 7.19. The summed E-state index contributed by atoms with van der Waals surface area (Å²) < 4.78 is 28.2. The maximum Gasteiger partial charge on any atom is 0.241 e. The van der Waals surface area contributed by atoms with Crippen LogP contribution in [0.25, 0.3) is 0 Å². The fraction of sp³-hybridized carbons (Fsp3) is 0.571. The van der Waals surface area contributed by atoms with Crippen molar-refractivity contribution < 1.29 is 8.42 Å². The Labute approximate surface area is 135 Å². The SMILES string of the molecule is CCN1CCCC1CNS(=O)(=O)c1cc(CN)ccc1Br. The van der Waals surface area contributed by atoms with Crippen molar-refractivity contribution in [3.63, 3.8) is 0 Å². The average molecular weight is 376 g/mol. The van der Waals surface area contributed by atoms with Crippen molar-refractivity contribution in [1.82, 2.24) is 9.62 Å². The summed E-state index contributed by atoms with van der Waals surface area (Å²) in [6.07, 6.45) is 2.17. The smallest absolute Gasteiger partial charge is 0.241 e. The predicted octanol–water partition coefficient (Wildman–Crippen LogP) is 1.67. The lowest BCUT2D eigenvalue weighted by Gasteiger charge is -2.23. The van der Waals surface area contributed by atoms with Crippen molar-refractivity contribution >= 4 is 26.0 Å². The molecule has 1 fully saturated rings. The first-order valence-electron chi connectivity index (χ1n) is 7.20. The van der Waals surface area contributed by atoms with Crippen molar-refractivity contribution in [2.24, 2.45) is 5.73 Å². The summed E-state index contributed by atoms with van der Waals surface area (Å²) in [6.45, 7) is 4.89. The molecule has 1 heterocycles. The lowest BCUT2D eigenvalue weighted by Crippen LogP contribution is -2.40. The number of nitrogens with one attached hydrogen (secondary N) is 1. The van der Waals surface area contributed by atoms with Crippen LogP contribution < -0.4 is 10.5 Å². The summed E-state index contributed by atoms with van der Waals surface area (Å²) in [4.78, 5) is 2.57. The number of nitrogens with zero attached hydrogens (tertiary/aromatic N) is 1. The van der Waals surface area contributed by atoms with Gasteiger partial charge in [0.2, 0.25) is 10.0 Å². The number of hydrogen-bond donors (Lipinski definition) is 2. The maximum atomic E-state index is 12.5. The molecule has 5 nitrogen and oxygen atoms in total. The van der Waals surface area contributed by atoms with Gasteiger partial charge in [-0.15, -0.1) is 0 Å². The molecule has 0 saturated carbocycles. The number of likely N-dealkylation sites (tertiary alicyclic amines) is 1. The molecule has 7 heteroatoms. The second-order valence-electron chi connectivity index (χ2n) is 5.25. The Morgan fingerprint density at radius 1 is 1.48 bits per heavy atom. The molecule has 0 amide bonds. The van der Waals surface area contributed by atoms with Gasteiger partial charge in [-0.25, -0.2) is 13.1 Å². The van der Waals surface area contributed by atoms with Crippen molar-refractivity contribution in [3.8, 4) is 0 Å². The Morgan fingerprint density at radius 2 is 2.24 bits per heavy atom. The molecule has 0 aliphatic carbocycles. The van der Waals surface area contributed by atoms with Gasteiger partial charge < -0.3 is 5.73 Å². The fourth-order valence-corrected chi connectivity index (χ4v) is 4.79. The van der Waals surface area contributed by atoms with Gasteiger partial charge in [-0.3, -0.25) is 4.90 Å². The maximum absolute atomic E-state index is 12.5. The molecule has 0 spiro atoms. The highest BCUT2D eigenvalue weighted by molar-refractivity contribution is 9.10. The van der Waals surface area contributed by atoms with Gasteiger partial charge in [0.1, 0.15) is 0 Å². The van der Waals surface area contributed by atoms with E-state index in [-0.39, 0.29) is 4.90 Å². The minimum atomic E-state index is -3.52. The van der Waals surface area contributed by atoms with Crippen LogP contribution in [0.4, 0.5) is 0 Å². The number of benzene rings is 1. The van der Waals surface area contributed by atoms with Gasteiger partial charge in [0, 0.05) is 23.6 Å². The van der Waals surface area contributed by atoms with E-state index in [0.29, 0.717) is 23.6 Å². The molecule has 2 rings (SSSR count). The largest absolute Gasteiger partial charge is 0.326 e. The standard InChI is InChI=1S/C14H22BrN3O2S/c1-2-18-7-3-4-12(18)10-17-21(19,20)14-8-11(9-16)5-6-13(14)15/h5-6,8,12,17H,2-4,7,9-10,16H2,1H3. The molecule has 21 heavy (non-hydrogen) atoms. The molecule has 1 aliphatic rings. The number of likely N-dealkylation sites (N-methyl/N-ethyl adjacent to an activating group) is 1. The van der Waals surface area contributed by atoms with Crippen molar-refractivity contribution in [1.29, 1.82) is 0 Å². The normalized spacial score (nSPS) is 20.0. The van der Waals surface area contributed by atoms with Crippen LogP contribution in [-0.4, -0.2) is 39.0 Å². The van der Waals surface area contributed by atoms with Gasteiger partial charge in [0.05, 0.1) is 4.90 Å². The van der Waals surface area contributed by atoms with E-state index in [4.69, 9.17) is 5.73 Å². The molecule has 0 aromatic heterocycles. The zero-order valence-corrected chi connectivity index (χ0v) is 14.6. The summed E-state index contributed by atoms with van der Waals surface area (Å²) in [5, 5.41) is 0. The van der Waals surface area contributed by atoms with Crippen LogP contribution >= 0.6 is 15.9 Å². The van der Waals surface area contributed by atoms with E-state index >= 15 is 0 Å². The number of nitrogens with two attached hydrogens (primary N) is 1. The molecule has 1 unspecified atom stereocenters. The van der Waals surface area contributed by atoms with E-state index in [0.717, 1.165) is 31.5 Å². The van der Waals surface area contributed by atoms with Gasteiger partial charge in [-0.1, -0.05) is 13.0 Å². The predicted molar refractivity (Wildman–Crippen MR) is 87.5 cm³/mol. The van der Waals surface area contributed by atoms with E-state index in [1.807, 2.05) is 6.07 Å². The van der Waals surface area contributed by atoms with E-state index in [1.165, 1.54) is 0 Å². The zero-order valence-electron chi connectivity index (χ0n) is 12.2. The second-order valence-corrected chi connectivity index (χ2v) is 7.84. The molecule has 1 aliphatic heterocycles. The third-order valence-corrected chi connectivity index (χ3v) is 6.35. The van der Waals surface area contributed by atoms with Crippen LogP contribution in [0.1, 0.15) is 25.3 Å². The van der Waals surface area contributed by atoms with Gasteiger partial charge in [-0.2, -0.15) is 0 Å². The quantitative estimate of drug-likeness (QED) is 0.792. The number of sulfonamides is 1. The molecule has 0 bridgehead atoms. The number of rotatable bonds is 6. The Kier molecular flexibility index (Phi) is 5.79. The Bertz CT molecular complexity index is 592. The number of halogens is 1. The van der Waals surface area contributed by atoms with Crippen LogP contribution in [0, 0.1) is 0 Å². The summed E-state index contributed by atoms with van der Waals surface area (Å²) >= 11 is 3.30. The lowest BCUT2D eigenvalue weighted by atomic mass is 10.2. The van der Waals surface area contributed by atoms with Gasteiger partial charge in [0.25, 0.3) is 0 Å². The summed E-state index contributed by atoms with van der Waals surface area (Å²) in [5.74, 6) is 0. The number of hydrogen-bond acceptors (Lipinski definition) is 4. The molecular weight excluding hydrogens is 354 g/mol. The highest BCUT2D eigenvalue weighted by Crippen LogP contribution is 2.23. The molecule has 118 valence electrons. The molecule has 1 aromatic carbocycles. The van der Waals surface area contributed by atoms with Crippen LogP contribution in [0.3, 0.4) is 0 Å². The monoisotopic (exact) mass is 375 g/mol. The Balaban J connectivity index is 2.11. The Morgan fingerprint density at radius 3 is 2.90 bits per heavy atom. The molecule has 1 atom stereocenters. The summed E-state index contributed by atoms with van der Waals surface area (Å²) in [6, 6.07) is 5.46. The fourth-order valence-electron chi connectivity index (χ4n) is 2.71. The van der Waals surface area contributed by atoms with Gasteiger partial charge >= 0.3 is 0 Å². The molecule has 0 radical (unpaired) electrons. The molecule has 3 N–H and O–H groups in total.